The highest BCUT2D eigenvalue weighted by Gasteiger charge is 2.17. The van der Waals surface area contributed by atoms with Crippen LogP contribution >= 0.6 is 0 Å². The molecule has 0 saturated carbocycles. The SMILES string of the molecule is COC(O)c1cc(-c2ccc(F)cc2F)ccc1OC(C)=O. The van der Waals surface area contributed by atoms with Gasteiger partial charge in [0.25, 0.3) is 0 Å². The number of aliphatic hydroxyl groups excluding tert-OH is 1. The van der Waals surface area contributed by atoms with Crippen LogP contribution in [0.3, 0.4) is 0 Å². The van der Waals surface area contributed by atoms with Crippen LogP contribution in [-0.2, 0) is 9.53 Å². The van der Waals surface area contributed by atoms with E-state index >= 15 is 0 Å². The van der Waals surface area contributed by atoms with E-state index in [2.05, 4.69) is 0 Å². The Hall–Kier alpha value is -2.31. The van der Waals surface area contributed by atoms with Gasteiger partial charge in [-0.15, -0.1) is 0 Å². The first kappa shape index (κ1) is 16.1. The lowest BCUT2D eigenvalue weighted by Crippen LogP contribution is -2.08. The summed E-state index contributed by atoms with van der Waals surface area (Å²) in [6.07, 6.45) is -1.35. The highest BCUT2D eigenvalue weighted by molar-refractivity contribution is 5.72. The number of carbonyl (C=O) groups is 1. The lowest BCUT2D eigenvalue weighted by molar-refractivity contribution is -0.132. The van der Waals surface area contributed by atoms with Crippen LogP contribution in [0.5, 0.6) is 5.75 Å². The number of methoxy groups -OCH3 is 1. The van der Waals surface area contributed by atoms with Gasteiger partial charge in [-0.3, -0.25) is 4.79 Å². The van der Waals surface area contributed by atoms with Gasteiger partial charge in [-0.25, -0.2) is 8.78 Å². The Morgan fingerprint density at radius 2 is 1.91 bits per heavy atom. The van der Waals surface area contributed by atoms with E-state index in [1.807, 2.05) is 0 Å². The van der Waals surface area contributed by atoms with Crippen molar-refractivity contribution < 1.29 is 28.2 Å². The van der Waals surface area contributed by atoms with Crippen LogP contribution in [0.2, 0.25) is 0 Å². The molecule has 0 aliphatic heterocycles. The fraction of sp³-hybridized carbons (Fsp3) is 0.188. The molecule has 0 saturated heterocycles. The first-order valence-electron chi connectivity index (χ1n) is 6.41. The van der Waals surface area contributed by atoms with Gasteiger partial charge in [0.2, 0.25) is 0 Å². The molecule has 116 valence electrons. The third-order valence-corrected chi connectivity index (χ3v) is 2.99. The molecule has 2 aromatic carbocycles. The standard InChI is InChI=1S/C16H14F2O4/c1-9(19)22-15-6-3-10(7-13(15)16(20)21-2)12-5-4-11(17)8-14(12)18/h3-8,16,20H,1-2H3. The molecule has 0 heterocycles. The molecule has 0 bridgehead atoms. The summed E-state index contributed by atoms with van der Waals surface area (Å²) in [5.41, 5.74) is 0.707. The Morgan fingerprint density at radius 1 is 1.18 bits per heavy atom. The number of benzene rings is 2. The molecule has 0 spiro atoms. The molecular formula is C16H14F2O4. The van der Waals surface area contributed by atoms with Gasteiger partial charge in [0.15, 0.2) is 6.29 Å². The van der Waals surface area contributed by atoms with Crippen LogP contribution in [0.25, 0.3) is 11.1 Å². The zero-order valence-corrected chi connectivity index (χ0v) is 12.0. The summed E-state index contributed by atoms with van der Waals surface area (Å²) in [5.74, 6) is -1.88. The lowest BCUT2D eigenvalue weighted by atomic mass is 10.0. The zero-order valence-electron chi connectivity index (χ0n) is 12.0. The molecular weight excluding hydrogens is 294 g/mol. The molecule has 0 aromatic heterocycles. The Kier molecular flexibility index (Phi) is 4.85. The van der Waals surface area contributed by atoms with Gasteiger partial charge in [0, 0.05) is 25.7 Å². The second-order valence-corrected chi connectivity index (χ2v) is 4.56. The van der Waals surface area contributed by atoms with Crippen molar-refractivity contribution in [1.29, 1.82) is 0 Å². The molecule has 6 heteroatoms. The monoisotopic (exact) mass is 308 g/mol. The van der Waals surface area contributed by atoms with Crippen LogP contribution < -0.4 is 4.74 Å². The number of esters is 1. The quantitative estimate of drug-likeness (QED) is 0.535. The molecule has 1 atom stereocenters. The third-order valence-electron chi connectivity index (χ3n) is 2.99. The molecule has 2 rings (SSSR count). The topological polar surface area (TPSA) is 55.8 Å². The normalized spacial score (nSPS) is 12.0. The van der Waals surface area contributed by atoms with E-state index < -0.39 is 23.9 Å². The average Bonchev–Trinajstić information content (AvgIpc) is 2.46. The van der Waals surface area contributed by atoms with Crippen LogP contribution in [0.4, 0.5) is 8.78 Å². The van der Waals surface area contributed by atoms with Gasteiger partial charge < -0.3 is 14.6 Å². The maximum Gasteiger partial charge on any atom is 0.308 e. The number of aliphatic hydroxyl groups is 1. The smallest absolute Gasteiger partial charge is 0.308 e. The summed E-state index contributed by atoms with van der Waals surface area (Å²) in [4.78, 5) is 11.1. The fourth-order valence-corrected chi connectivity index (χ4v) is 2.01. The second-order valence-electron chi connectivity index (χ2n) is 4.56. The minimum Gasteiger partial charge on any atom is -0.426 e. The fourth-order valence-electron chi connectivity index (χ4n) is 2.01. The highest BCUT2D eigenvalue weighted by atomic mass is 19.1. The van der Waals surface area contributed by atoms with E-state index in [-0.39, 0.29) is 16.9 Å². The number of hydrogen-bond donors (Lipinski definition) is 1. The van der Waals surface area contributed by atoms with E-state index in [1.54, 1.807) is 0 Å². The Balaban J connectivity index is 2.52. The molecule has 1 N–H and O–H groups in total. The van der Waals surface area contributed by atoms with Gasteiger partial charge in [-0.2, -0.15) is 0 Å². The maximum atomic E-state index is 13.8. The van der Waals surface area contributed by atoms with E-state index in [0.717, 1.165) is 12.1 Å². The molecule has 0 aliphatic rings. The predicted molar refractivity (Wildman–Crippen MR) is 75.1 cm³/mol. The average molecular weight is 308 g/mol. The van der Waals surface area contributed by atoms with Crippen molar-refractivity contribution in [2.45, 2.75) is 13.2 Å². The van der Waals surface area contributed by atoms with Crippen LogP contribution in [0.15, 0.2) is 36.4 Å². The van der Waals surface area contributed by atoms with Crippen molar-refractivity contribution >= 4 is 5.97 Å². The van der Waals surface area contributed by atoms with Crippen molar-refractivity contribution in [3.63, 3.8) is 0 Å². The molecule has 4 nitrogen and oxygen atoms in total. The van der Waals surface area contributed by atoms with Gasteiger partial charge in [0.1, 0.15) is 17.4 Å². The van der Waals surface area contributed by atoms with E-state index in [4.69, 9.17) is 9.47 Å². The van der Waals surface area contributed by atoms with Crippen LogP contribution in [0.1, 0.15) is 18.8 Å². The van der Waals surface area contributed by atoms with E-state index in [0.29, 0.717) is 5.56 Å². The molecule has 2 aromatic rings. The summed E-state index contributed by atoms with van der Waals surface area (Å²) in [7, 11) is 1.27. The van der Waals surface area contributed by atoms with Crippen LogP contribution in [-0.4, -0.2) is 18.2 Å². The largest absolute Gasteiger partial charge is 0.426 e. The van der Waals surface area contributed by atoms with Gasteiger partial charge in [0.05, 0.1) is 5.56 Å². The summed E-state index contributed by atoms with van der Waals surface area (Å²) < 4.78 is 36.6. The minimum absolute atomic E-state index is 0.105. The Morgan fingerprint density at radius 3 is 2.50 bits per heavy atom. The van der Waals surface area contributed by atoms with Crippen molar-refractivity contribution in [3.05, 3.63) is 53.6 Å². The van der Waals surface area contributed by atoms with Crippen LogP contribution in [0, 0.1) is 11.6 Å². The molecule has 22 heavy (non-hydrogen) atoms. The zero-order chi connectivity index (χ0) is 16.3. The highest BCUT2D eigenvalue weighted by Crippen LogP contribution is 2.32. The molecule has 0 radical (unpaired) electrons. The summed E-state index contributed by atoms with van der Waals surface area (Å²) >= 11 is 0. The third kappa shape index (κ3) is 3.47. The van der Waals surface area contributed by atoms with Crippen molar-refractivity contribution in [1.82, 2.24) is 0 Å². The lowest BCUT2D eigenvalue weighted by Gasteiger charge is -2.15. The Bertz CT molecular complexity index is 701. The summed E-state index contributed by atoms with van der Waals surface area (Å²) in [6, 6.07) is 7.52. The maximum absolute atomic E-state index is 13.8. The predicted octanol–water partition coefficient (Wildman–Crippen LogP) is 3.19. The molecule has 0 fully saturated rings. The number of rotatable bonds is 4. The number of halogens is 2. The van der Waals surface area contributed by atoms with Crippen molar-refractivity contribution in [2.24, 2.45) is 0 Å². The summed E-state index contributed by atoms with van der Waals surface area (Å²) in [6.45, 7) is 1.22. The van der Waals surface area contributed by atoms with Gasteiger partial charge >= 0.3 is 5.97 Å². The number of ether oxygens (including phenoxy) is 2. The number of carbonyl (C=O) groups excluding carboxylic acids is 1. The molecule has 0 aliphatic carbocycles. The first-order chi connectivity index (χ1) is 10.4. The number of hydrogen-bond acceptors (Lipinski definition) is 4. The molecule has 1 unspecified atom stereocenters. The van der Waals surface area contributed by atoms with Crippen molar-refractivity contribution in [2.75, 3.05) is 7.11 Å². The van der Waals surface area contributed by atoms with Crippen molar-refractivity contribution in [3.8, 4) is 16.9 Å². The van der Waals surface area contributed by atoms with Gasteiger partial charge in [-0.05, 0) is 29.8 Å². The minimum atomic E-state index is -1.35. The van der Waals surface area contributed by atoms with E-state index in [9.17, 15) is 18.7 Å². The molecule has 0 amide bonds. The second kappa shape index (κ2) is 6.64. The van der Waals surface area contributed by atoms with E-state index in [1.165, 1.54) is 38.3 Å². The van der Waals surface area contributed by atoms with Gasteiger partial charge in [-0.1, -0.05) is 6.07 Å². The Labute approximate surface area is 125 Å². The first-order valence-corrected chi connectivity index (χ1v) is 6.41. The summed E-state index contributed by atoms with van der Waals surface area (Å²) in [5, 5.41) is 9.84.